The Morgan fingerprint density at radius 3 is 2.35 bits per heavy atom. The summed E-state index contributed by atoms with van der Waals surface area (Å²) in [5.41, 5.74) is 1.87. The van der Waals surface area contributed by atoms with E-state index in [1.54, 1.807) is 35.7 Å². The van der Waals surface area contributed by atoms with E-state index in [0.29, 0.717) is 11.9 Å². The van der Waals surface area contributed by atoms with Crippen molar-refractivity contribution in [2.24, 2.45) is 0 Å². The van der Waals surface area contributed by atoms with Gasteiger partial charge < -0.3 is 15.5 Å². The SMILES string of the molecule is C=CC.CC.CNc1ccc2c(=O)n(-c3ccc(NC(=O)NSc4ccc(C)s4)cc3F)cc(CN(C)C)c2c1. The maximum atomic E-state index is 15.2. The van der Waals surface area contributed by atoms with Crippen molar-refractivity contribution >= 4 is 51.5 Å². The fraction of sp³-hybridized carbons (Fsp3) is 0.267. The van der Waals surface area contributed by atoms with Crippen molar-refractivity contribution in [2.75, 3.05) is 31.8 Å². The van der Waals surface area contributed by atoms with Crippen LogP contribution in [0.5, 0.6) is 0 Å². The summed E-state index contributed by atoms with van der Waals surface area (Å²) in [6, 6.07) is 13.2. The molecule has 10 heteroatoms. The number of aryl methyl sites for hydroxylation is 1. The van der Waals surface area contributed by atoms with E-state index in [1.807, 2.05) is 78.0 Å². The summed E-state index contributed by atoms with van der Waals surface area (Å²) < 4.78 is 20.1. The Morgan fingerprint density at radius 1 is 1.10 bits per heavy atom. The van der Waals surface area contributed by atoms with Gasteiger partial charge in [0.15, 0.2) is 0 Å². The second-order valence-electron chi connectivity index (χ2n) is 8.68. The van der Waals surface area contributed by atoms with Crippen LogP contribution < -0.4 is 20.9 Å². The summed E-state index contributed by atoms with van der Waals surface area (Å²) >= 11 is 2.76. The molecule has 3 N–H and O–H groups in total. The second kappa shape index (κ2) is 15.9. The van der Waals surface area contributed by atoms with E-state index in [2.05, 4.69) is 21.9 Å². The van der Waals surface area contributed by atoms with Crippen LogP contribution in [0.2, 0.25) is 0 Å². The van der Waals surface area contributed by atoms with Crippen LogP contribution in [0.1, 0.15) is 31.2 Å². The van der Waals surface area contributed by atoms with E-state index in [-0.39, 0.29) is 16.9 Å². The van der Waals surface area contributed by atoms with E-state index in [1.165, 1.54) is 28.6 Å². The van der Waals surface area contributed by atoms with Crippen LogP contribution in [-0.2, 0) is 6.54 Å². The van der Waals surface area contributed by atoms with Gasteiger partial charge in [-0.05, 0) is 99.4 Å². The van der Waals surface area contributed by atoms with Crippen LogP contribution in [-0.4, -0.2) is 36.6 Å². The largest absolute Gasteiger partial charge is 0.388 e. The van der Waals surface area contributed by atoms with Crippen LogP contribution in [0.15, 0.2) is 76.4 Å². The number of allylic oxidation sites excluding steroid dienone is 1. The first-order chi connectivity index (χ1) is 19.2. The van der Waals surface area contributed by atoms with E-state index in [9.17, 15) is 9.59 Å². The molecule has 40 heavy (non-hydrogen) atoms. The van der Waals surface area contributed by atoms with Crippen molar-refractivity contribution in [1.29, 1.82) is 0 Å². The van der Waals surface area contributed by atoms with Gasteiger partial charge in [-0.1, -0.05) is 19.9 Å². The van der Waals surface area contributed by atoms with E-state index >= 15 is 4.39 Å². The first-order valence-electron chi connectivity index (χ1n) is 12.8. The first kappa shape index (κ1) is 32.6. The first-order valence-corrected chi connectivity index (χ1v) is 14.5. The third-order valence-electron chi connectivity index (χ3n) is 5.30. The number of amides is 2. The number of halogens is 1. The Bertz CT molecular complexity index is 1500. The zero-order chi connectivity index (χ0) is 29.8. The molecule has 0 atom stereocenters. The molecule has 2 amide bonds. The second-order valence-corrected chi connectivity index (χ2v) is 11.1. The quantitative estimate of drug-likeness (QED) is 0.154. The van der Waals surface area contributed by atoms with Crippen LogP contribution >= 0.6 is 23.3 Å². The maximum Gasteiger partial charge on any atom is 0.329 e. The van der Waals surface area contributed by atoms with Gasteiger partial charge in [-0.15, -0.1) is 17.9 Å². The molecule has 0 radical (unpaired) electrons. The number of benzene rings is 2. The minimum absolute atomic E-state index is 0.115. The molecule has 0 unspecified atom stereocenters. The highest BCUT2D eigenvalue weighted by Crippen LogP contribution is 2.26. The fourth-order valence-corrected chi connectivity index (χ4v) is 5.37. The highest BCUT2D eigenvalue weighted by molar-refractivity contribution is 7.99. The lowest BCUT2D eigenvalue weighted by Crippen LogP contribution is -2.23. The number of carbonyl (C=O) groups is 1. The summed E-state index contributed by atoms with van der Waals surface area (Å²) in [5.74, 6) is -0.617. The summed E-state index contributed by atoms with van der Waals surface area (Å²) in [7, 11) is 5.70. The Morgan fingerprint density at radius 2 is 1.77 bits per heavy atom. The molecule has 0 aliphatic carbocycles. The average molecular weight is 584 g/mol. The molecule has 4 aromatic rings. The van der Waals surface area contributed by atoms with Gasteiger partial charge in [0, 0.05) is 41.4 Å². The van der Waals surface area contributed by atoms with Gasteiger partial charge in [-0.2, -0.15) is 0 Å². The van der Waals surface area contributed by atoms with Gasteiger partial charge in [-0.25, -0.2) is 9.18 Å². The zero-order valence-electron chi connectivity index (χ0n) is 24.1. The van der Waals surface area contributed by atoms with E-state index < -0.39 is 11.8 Å². The lowest BCUT2D eigenvalue weighted by Gasteiger charge is -2.17. The molecule has 0 bridgehead atoms. The van der Waals surface area contributed by atoms with Gasteiger partial charge in [-0.3, -0.25) is 14.1 Å². The molecule has 7 nitrogen and oxygen atoms in total. The maximum absolute atomic E-state index is 15.2. The van der Waals surface area contributed by atoms with Crippen molar-refractivity contribution in [3.05, 3.63) is 94.0 Å². The third-order valence-corrected chi connectivity index (χ3v) is 7.22. The molecule has 4 rings (SSSR count). The summed E-state index contributed by atoms with van der Waals surface area (Å²) in [5, 5.41) is 7.04. The molecular weight excluding hydrogens is 545 g/mol. The van der Waals surface area contributed by atoms with Crippen LogP contribution in [0.25, 0.3) is 16.5 Å². The summed E-state index contributed by atoms with van der Waals surface area (Å²) in [6.45, 7) is 11.8. The Kier molecular flexibility index (Phi) is 12.9. The third kappa shape index (κ3) is 8.70. The van der Waals surface area contributed by atoms with Crippen molar-refractivity contribution < 1.29 is 9.18 Å². The number of carbonyl (C=O) groups excluding carboxylic acids is 1. The highest BCUT2D eigenvalue weighted by Gasteiger charge is 2.15. The Balaban J connectivity index is 0.00000105. The van der Waals surface area contributed by atoms with Crippen molar-refractivity contribution in [3.8, 4) is 5.69 Å². The summed E-state index contributed by atoms with van der Waals surface area (Å²) in [4.78, 5) is 28.7. The van der Waals surface area contributed by atoms with Gasteiger partial charge in [0.05, 0.1) is 9.90 Å². The monoisotopic (exact) mass is 583 g/mol. The minimum Gasteiger partial charge on any atom is -0.388 e. The number of nitrogens with one attached hydrogen (secondary N) is 3. The van der Waals surface area contributed by atoms with Gasteiger partial charge in [0.2, 0.25) is 0 Å². The lowest BCUT2D eigenvalue weighted by molar-refractivity contribution is 0.257. The van der Waals surface area contributed by atoms with Gasteiger partial charge >= 0.3 is 6.03 Å². The molecule has 2 aromatic heterocycles. The molecule has 214 valence electrons. The minimum atomic E-state index is -0.617. The molecular formula is C30H38FN5O2S2. The predicted octanol–water partition coefficient (Wildman–Crippen LogP) is 7.65. The van der Waals surface area contributed by atoms with Crippen molar-refractivity contribution in [1.82, 2.24) is 14.2 Å². The molecule has 0 saturated carbocycles. The van der Waals surface area contributed by atoms with Crippen LogP contribution in [0, 0.1) is 12.7 Å². The molecule has 0 saturated heterocycles. The van der Waals surface area contributed by atoms with Gasteiger partial charge in [0.1, 0.15) is 5.82 Å². The normalized spacial score (nSPS) is 10.2. The number of hydrogen-bond acceptors (Lipinski definition) is 6. The number of aromatic nitrogens is 1. The van der Waals surface area contributed by atoms with Crippen LogP contribution in [0.4, 0.5) is 20.6 Å². The lowest BCUT2D eigenvalue weighted by atomic mass is 10.1. The van der Waals surface area contributed by atoms with Gasteiger partial charge in [0.25, 0.3) is 5.56 Å². The number of pyridine rings is 1. The Labute approximate surface area is 244 Å². The number of fused-ring (bicyclic) bond motifs is 1. The number of anilines is 2. The molecule has 0 aliphatic rings. The number of urea groups is 1. The van der Waals surface area contributed by atoms with E-state index in [4.69, 9.17) is 0 Å². The molecule has 0 fully saturated rings. The Hall–Kier alpha value is -3.60. The molecule has 2 aromatic carbocycles. The number of rotatable bonds is 7. The van der Waals surface area contributed by atoms with E-state index in [0.717, 1.165) is 25.7 Å². The molecule has 2 heterocycles. The molecule has 0 spiro atoms. The zero-order valence-corrected chi connectivity index (χ0v) is 25.7. The highest BCUT2D eigenvalue weighted by atomic mass is 32.2. The standard InChI is InChI=1S/C25H26FN5O2S2.C3H6.C2H6/c1-15-5-10-23(34-15)35-29-25(33)28-18-7-9-22(21(26)12-18)31-14-16(13-30(3)4)20-11-17(27-2)6-8-19(20)24(31)32;1-3-2;1-2/h5-12,14,27H,13H2,1-4H3,(H2,28,29,33);3H,1H2,2H3;1-2H3. The topological polar surface area (TPSA) is 78.4 Å². The van der Waals surface area contributed by atoms with Crippen LogP contribution in [0.3, 0.4) is 0 Å². The average Bonchev–Trinajstić information content (AvgIpc) is 3.35. The smallest absolute Gasteiger partial charge is 0.329 e. The summed E-state index contributed by atoms with van der Waals surface area (Å²) in [6.07, 6.45) is 3.43. The number of nitrogens with zero attached hydrogens (tertiary/aromatic N) is 2. The fourth-order valence-electron chi connectivity index (χ4n) is 3.71. The van der Waals surface area contributed by atoms with Crippen molar-refractivity contribution in [2.45, 2.75) is 38.4 Å². The number of hydrogen-bond donors (Lipinski definition) is 3. The number of thiophene rings is 1. The van der Waals surface area contributed by atoms with Crippen molar-refractivity contribution in [3.63, 3.8) is 0 Å². The predicted molar refractivity (Wildman–Crippen MR) is 171 cm³/mol. The molecule has 0 aliphatic heterocycles.